The number of aromatic nitrogens is 1. The zero-order valence-corrected chi connectivity index (χ0v) is 16.6. The van der Waals surface area contributed by atoms with E-state index in [4.69, 9.17) is 0 Å². The van der Waals surface area contributed by atoms with Crippen molar-refractivity contribution in [3.8, 4) is 0 Å². The van der Waals surface area contributed by atoms with Crippen LogP contribution in [0.2, 0.25) is 0 Å². The largest absolute Gasteiger partial charge is 0.332 e. The molecule has 1 unspecified atom stereocenters. The van der Waals surface area contributed by atoms with Crippen molar-refractivity contribution in [1.82, 2.24) is 14.8 Å². The first kappa shape index (κ1) is 19.6. The summed E-state index contributed by atoms with van der Waals surface area (Å²) in [5, 5.41) is 0. The number of rotatable bonds is 7. The number of carbonyl (C=O) groups excluding carboxylic acids is 1. The Bertz CT molecular complexity index is 731. The summed E-state index contributed by atoms with van der Waals surface area (Å²) in [4.78, 5) is 22.0. The minimum absolute atomic E-state index is 0.225. The topological polar surface area (TPSA) is 36.4 Å². The molecule has 1 fully saturated rings. The molecule has 1 saturated heterocycles. The van der Waals surface area contributed by atoms with Crippen molar-refractivity contribution in [2.45, 2.75) is 58.2 Å². The molecule has 1 aromatic carbocycles. The molecule has 4 nitrogen and oxygen atoms in total. The number of pyridine rings is 1. The van der Waals surface area contributed by atoms with Gasteiger partial charge >= 0.3 is 0 Å². The van der Waals surface area contributed by atoms with E-state index in [0.717, 1.165) is 29.8 Å². The molecule has 1 amide bonds. The molecule has 0 radical (unpaired) electrons. The van der Waals surface area contributed by atoms with Crippen LogP contribution in [0.25, 0.3) is 0 Å². The smallest absolute Gasteiger partial charge is 0.223 e. The molecule has 0 aliphatic carbocycles. The Hall–Kier alpha value is -2.20. The maximum Gasteiger partial charge on any atom is 0.223 e. The molecule has 1 aliphatic rings. The van der Waals surface area contributed by atoms with Gasteiger partial charge in [0.05, 0.1) is 12.2 Å². The standard InChI is InChI=1S/C23H31N3O/c1-19-9-8-15-24-22(19)18-26(17-20-10-4-3-5-11-20)23(27)14-13-21-12-6-7-16-25(21)2/h3-5,8-11,15,21H,6-7,12-14,16-18H2,1-2H3. The fourth-order valence-corrected chi connectivity index (χ4v) is 3.86. The van der Waals surface area contributed by atoms with Crippen LogP contribution in [0.15, 0.2) is 48.7 Å². The third kappa shape index (κ3) is 5.64. The number of aryl methyl sites for hydroxylation is 1. The second-order valence-electron chi connectivity index (χ2n) is 7.67. The molecule has 0 N–H and O–H groups in total. The Balaban J connectivity index is 1.68. The van der Waals surface area contributed by atoms with Gasteiger partial charge in [-0.15, -0.1) is 0 Å². The Morgan fingerprint density at radius 2 is 1.96 bits per heavy atom. The van der Waals surface area contributed by atoms with Crippen LogP contribution in [0.1, 0.15) is 48.9 Å². The first-order chi connectivity index (χ1) is 13.1. The van der Waals surface area contributed by atoms with Crippen LogP contribution in [0.4, 0.5) is 0 Å². The van der Waals surface area contributed by atoms with E-state index in [9.17, 15) is 4.79 Å². The minimum Gasteiger partial charge on any atom is -0.332 e. The van der Waals surface area contributed by atoms with Crippen molar-refractivity contribution < 1.29 is 4.79 Å². The van der Waals surface area contributed by atoms with Gasteiger partial charge in [0.15, 0.2) is 0 Å². The van der Waals surface area contributed by atoms with Crippen LogP contribution in [0.5, 0.6) is 0 Å². The van der Waals surface area contributed by atoms with Crippen molar-refractivity contribution in [2.24, 2.45) is 0 Å². The van der Waals surface area contributed by atoms with E-state index < -0.39 is 0 Å². The third-order valence-electron chi connectivity index (χ3n) is 5.64. The first-order valence-corrected chi connectivity index (χ1v) is 10.1. The molecule has 1 atom stereocenters. The highest BCUT2D eigenvalue weighted by atomic mass is 16.2. The molecule has 0 saturated carbocycles. The fraction of sp³-hybridized carbons (Fsp3) is 0.478. The van der Waals surface area contributed by atoms with E-state index >= 15 is 0 Å². The monoisotopic (exact) mass is 365 g/mol. The van der Waals surface area contributed by atoms with Crippen LogP contribution in [-0.2, 0) is 17.9 Å². The summed E-state index contributed by atoms with van der Waals surface area (Å²) >= 11 is 0. The van der Waals surface area contributed by atoms with Gasteiger partial charge in [-0.05, 0) is 57.0 Å². The molecular formula is C23H31N3O. The van der Waals surface area contributed by atoms with Crippen LogP contribution < -0.4 is 0 Å². The summed E-state index contributed by atoms with van der Waals surface area (Å²) in [7, 11) is 2.19. The summed E-state index contributed by atoms with van der Waals surface area (Å²) in [6, 6.07) is 14.8. The fourth-order valence-electron chi connectivity index (χ4n) is 3.86. The number of hydrogen-bond donors (Lipinski definition) is 0. The lowest BCUT2D eigenvalue weighted by atomic mass is 9.98. The third-order valence-corrected chi connectivity index (χ3v) is 5.64. The van der Waals surface area contributed by atoms with E-state index in [1.54, 1.807) is 0 Å². The van der Waals surface area contributed by atoms with E-state index in [0.29, 0.717) is 25.6 Å². The Morgan fingerprint density at radius 3 is 2.70 bits per heavy atom. The molecule has 2 heterocycles. The number of amides is 1. The highest BCUT2D eigenvalue weighted by Gasteiger charge is 2.22. The van der Waals surface area contributed by atoms with Crippen molar-refractivity contribution in [2.75, 3.05) is 13.6 Å². The quantitative estimate of drug-likeness (QED) is 0.738. The lowest BCUT2D eigenvalue weighted by molar-refractivity contribution is -0.133. The predicted octanol–water partition coefficient (Wildman–Crippen LogP) is 4.18. The van der Waals surface area contributed by atoms with Gasteiger partial charge in [0.25, 0.3) is 0 Å². The molecule has 0 spiro atoms. The molecular weight excluding hydrogens is 334 g/mol. The predicted molar refractivity (Wildman–Crippen MR) is 109 cm³/mol. The summed E-state index contributed by atoms with van der Waals surface area (Å²) in [6.07, 6.45) is 7.13. The average Bonchev–Trinajstić information content (AvgIpc) is 2.69. The zero-order valence-electron chi connectivity index (χ0n) is 16.6. The summed E-state index contributed by atoms with van der Waals surface area (Å²) in [5.41, 5.74) is 3.28. The summed E-state index contributed by atoms with van der Waals surface area (Å²) in [6.45, 7) is 4.42. The second kappa shape index (κ2) is 9.65. The van der Waals surface area contributed by atoms with Crippen LogP contribution in [-0.4, -0.2) is 40.3 Å². The molecule has 1 aromatic heterocycles. The number of hydrogen-bond acceptors (Lipinski definition) is 3. The molecule has 3 rings (SSSR count). The van der Waals surface area contributed by atoms with E-state index in [1.165, 1.54) is 19.3 Å². The van der Waals surface area contributed by atoms with Crippen LogP contribution in [0.3, 0.4) is 0 Å². The number of carbonyl (C=O) groups is 1. The van der Waals surface area contributed by atoms with Gasteiger partial charge in [-0.25, -0.2) is 0 Å². The molecule has 4 heteroatoms. The summed E-state index contributed by atoms with van der Waals surface area (Å²) < 4.78 is 0. The van der Waals surface area contributed by atoms with Gasteiger partial charge in [-0.3, -0.25) is 9.78 Å². The molecule has 2 aromatic rings. The first-order valence-electron chi connectivity index (χ1n) is 10.1. The highest BCUT2D eigenvalue weighted by Crippen LogP contribution is 2.20. The van der Waals surface area contributed by atoms with E-state index in [2.05, 4.69) is 42.1 Å². The average molecular weight is 366 g/mol. The van der Waals surface area contributed by atoms with Gasteiger partial charge in [-0.1, -0.05) is 42.8 Å². The lowest BCUT2D eigenvalue weighted by Gasteiger charge is -2.33. The Kier molecular flexibility index (Phi) is 6.99. The van der Waals surface area contributed by atoms with Crippen LogP contribution in [0, 0.1) is 6.92 Å². The van der Waals surface area contributed by atoms with Gasteiger partial charge < -0.3 is 9.80 Å². The maximum absolute atomic E-state index is 13.1. The molecule has 144 valence electrons. The van der Waals surface area contributed by atoms with Gasteiger partial charge in [-0.2, -0.15) is 0 Å². The van der Waals surface area contributed by atoms with E-state index in [1.807, 2.05) is 35.4 Å². The maximum atomic E-state index is 13.1. The Morgan fingerprint density at radius 1 is 1.15 bits per heavy atom. The van der Waals surface area contributed by atoms with Gasteiger partial charge in [0, 0.05) is 25.2 Å². The van der Waals surface area contributed by atoms with Gasteiger partial charge in [0.2, 0.25) is 5.91 Å². The summed E-state index contributed by atoms with van der Waals surface area (Å²) in [5.74, 6) is 0.225. The molecule has 1 aliphatic heterocycles. The van der Waals surface area contributed by atoms with Gasteiger partial charge in [0.1, 0.15) is 0 Å². The number of benzene rings is 1. The van der Waals surface area contributed by atoms with Crippen molar-refractivity contribution in [3.05, 3.63) is 65.5 Å². The second-order valence-corrected chi connectivity index (χ2v) is 7.67. The van der Waals surface area contributed by atoms with Crippen molar-refractivity contribution in [1.29, 1.82) is 0 Å². The lowest BCUT2D eigenvalue weighted by Crippen LogP contribution is -2.38. The van der Waals surface area contributed by atoms with Crippen LogP contribution >= 0.6 is 0 Å². The minimum atomic E-state index is 0.225. The highest BCUT2D eigenvalue weighted by molar-refractivity contribution is 5.76. The normalized spacial score (nSPS) is 17.6. The molecule has 27 heavy (non-hydrogen) atoms. The van der Waals surface area contributed by atoms with Crippen molar-refractivity contribution in [3.63, 3.8) is 0 Å². The molecule has 0 bridgehead atoms. The number of nitrogens with zero attached hydrogens (tertiary/aromatic N) is 3. The SMILES string of the molecule is Cc1cccnc1CN(Cc1ccccc1)C(=O)CCC1CCCCN1C. The van der Waals surface area contributed by atoms with Crippen molar-refractivity contribution >= 4 is 5.91 Å². The number of likely N-dealkylation sites (tertiary alicyclic amines) is 1. The zero-order chi connectivity index (χ0) is 19.1. The number of piperidine rings is 1. The Labute approximate surface area is 163 Å². The van der Waals surface area contributed by atoms with E-state index in [-0.39, 0.29) is 5.91 Å².